The van der Waals surface area contributed by atoms with E-state index in [1.165, 1.54) is 12.1 Å². The van der Waals surface area contributed by atoms with Crippen LogP contribution in [0, 0.1) is 12.7 Å². The van der Waals surface area contributed by atoms with Crippen LogP contribution in [0.15, 0.2) is 30.3 Å². The largest absolute Gasteiger partial charge is 0.493 e. The number of aliphatic hydroxyl groups excluding tert-OH is 1. The minimum Gasteiger partial charge on any atom is -0.493 e. The molecule has 0 unspecified atom stereocenters. The molecule has 0 aromatic heterocycles. The monoisotopic (exact) mass is 244 g/mol. The van der Waals surface area contributed by atoms with Gasteiger partial charge in [0.25, 0.3) is 0 Å². The summed E-state index contributed by atoms with van der Waals surface area (Å²) < 4.78 is 38.9. The summed E-state index contributed by atoms with van der Waals surface area (Å²) in [6, 6.07) is 4.13. The molecule has 2 N–H and O–H groups in total. The van der Waals surface area contributed by atoms with Gasteiger partial charge >= 0.3 is 10.2 Å². The van der Waals surface area contributed by atoms with Gasteiger partial charge in [-0.25, -0.2) is 13.4 Å². The van der Waals surface area contributed by atoms with Gasteiger partial charge in [-0.2, -0.15) is 8.42 Å². The van der Waals surface area contributed by atoms with Gasteiger partial charge in [0.15, 0.2) is 0 Å². The van der Waals surface area contributed by atoms with Crippen molar-refractivity contribution in [3.63, 3.8) is 0 Å². The predicted octanol–water partition coefficient (Wildman–Crippen LogP) is 1.15. The number of rotatable bonds is 1. The van der Waals surface area contributed by atoms with Crippen LogP contribution in [0.5, 0.6) is 0 Å². The van der Waals surface area contributed by atoms with Crippen molar-refractivity contribution in [2.75, 3.05) is 4.31 Å². The van der Waals surface area contributed by atoms with E-state index in [1.807, 2.05) is 4.72 Å². The molecule has 0 atom stereocenters. The first-order valence-corrected chi connectivity index (χ1v) is 5.83. The van der Waals surface area contributed by atoms with Gasteiger partial charge in [0.1, 0.15) is 5.82 Å². The van der Waals surface area contributed by atoms with Gasteiger partial charge in [0.2, 0.25) is 5.88 Å². The van der Waals surface area contributed by atoms with Crippen LogP contribution in [0.25, 0.3) is 0 Å². The van der Waals surface area contributed by atoms with Crippen LogP contribution in [0.1, 0.15) is 5.56 Å². The summed E-state index contributed by atoms with van der Waals surface area (Å²) >= 11 is 0. The Hall–Kier alpha value is -1.76. The summed E-state index contributed by atoms with van der Waals surface area (Å²) in [6.07, 6.45) is 0.906. The number of benzene rings is 1. The second-order valence-electron chi connectivity index (χ2n) is 3.37. The molecule has 0 fully saturated rings. The Balaban J connectivity index is 2.53. The Bertz CT molecular complexity index is 568. The zero-order chi connectivity index (χ0) is 11.9. The number of aryl methyl sites for hydroxylation is 1. The van der Waals surface area contributed by atoms with Crippen molar-refractivity contribution in [1.29, 1.82) is 0 Å². The second kappa shape index (κ2) is 3.38. The lowest BCUT2D eigenvalue weighted by Crippen LogP contribution is -2.30. The highest BCUT2D eigenvalue weighted by atomic mass is 32.2. The molecule has 16 heavy (non-hydrogen) atoms. The van der Waals surface area contributed by atoms with Crippen molar-refractivity contribution in [3.05, 3.63) is 41.7 Å². The molecule has 1 aromatic rings. The van der Waals surface area contributed by atoms with Crippen molar-refractivity contribution in [1.82, 2.24) is 4.72 Å². The number of nitrogens with one attached hydrogen (secondary N) is 1. The molecule has 2 rings (SSSR count). The molecule has 0 aliphatic carbocycles. The quantitative estimate of drug-likeness (QED) is 0.778. The zero-order valence-electron chi connectivity index (χ0n) is 8.31. The van der Waals surface area contributed by atoms with E-state index in [9.17, 15) is 12.8 Å². The third-order valence-corrected chi connectivity index (χ3v) is 3.36. The number of hydrogen-bond donors (Lipinski definition) is 2. The molecular formula is C9H9FN2O3S. The molecule has 0 radical (unpaired) electrons. The van der Waals surface area contributed by atoms with Crippen LogP contribution < -0.4 is 9.03 Å². The lowest BCUT2D eigenvalue weighted by atomic mass is 10.2. The summed E-state index contributed by atoms with van der Waals surface area (Å²) in [6.45, 7) is 1.69. The summed E-state index contributed by atoms with van der Waals surface area (Å²) in [5.74, 6) is -1.21. The van der Waals surface area contributed by atoms with E-state index >= 15 is 0 Å². The molecule has 0 amide bonds. The van der Waals surface area contributed by atoms with Gasteiger partial charge in [-0.15, -0.1) is 0 Å². The topological polar surface area (TPSA) is 69.6 Å². The van der Waals surface area contributed by atoms with E-state index in [1.54, 1.807) is 13.0 Å². The first-order valence-electron chi connectivity index (χ1n) is 4.39. The fourth-order valence-corrected chi connectivity index (χ4v) is 2.44. The Morgan fingerprint density at radius 1 is 1.44 bits per heavy atom. The van der Waals surface area contributed by atoms with Crippen LogP contribution in [0.3, 0.4) is 0 Å². The molecule has 0 bridgehead atoms. The van der Waals surface area contributed by atoms with E-state index in [2.05, 4.69) is 0 Å². The minimum atomic E-state index is -3.92. The maximum atomic E-state index is 13.5. The Morgan fingerprint density at radius 2 is 2.12 bits per heavy atom. The molecule has 1 aliphatic heterocycles. The first kappa shape index (κ1) is 10.7. The van der Waals surface area contributed by atoms with Crippen LogP contribution >= 0.6 is 0 Å². The molecule has 5 nitrogen and oxygen atoms in total. The highest BCUT2D eigenvalue weighted by Crippen LogP contribution is 2.26. The average Bonchev–Trinajstić information content (AvgIpc) is 2.39. The molecule has 1 aliphatic rings. The Labute approximate surface area is 92.0 Å². The van der Waals surface area contributed by atoms with Crippen molar-refractivity contribution >= 4 is 15.9 Å². The summed E-state index contributed by atoms with van der Waals surface area (Å²) in [5, 5.41) is 9.05. The zero-order valence-corrected chi connectivity index (χ0v) is 9.12. The summed E-state index contributed by atoms with van der Waals surface area (Å²) in [7, 11) is -3.92. The first-order chi connectivity index (χ1) is 7.40. The fraction of sp³-hybridized carbons (Fsp3) is 0.111. The van der Waals surface area contributed by atoms with Gasteiger partial charge in [0.05, 0.1) is 11.9 Å². The molecule has 1 heterocycles. The number of aliphatic hydroxyl groups is 1. The SMILES string of the molecule is Cc1ccc(N2C=C(O)NS2(=O)=O)c(F)c1. The fourth-order valence-electron chi connectivity index (χ4n) is 1.38. The van der Waals surface area contributed by atoms with Gasteiger partial charge in [-0.3, -0.25) is 0 Å². The van der Waals surface area contributed by atoms with Gasteiger partial charge in [-0.05, 0) is 24.6 Å². The van der Waals surface area contributed by atoms with E-state index < -0.39 is 21.9 Å². The van der Waals surface area contributed by atoms with Crippen LogP contribution in [0.4, 0.5) is 10.1 Å². The van der Waals surface area contributed by atoms with Gasteiger partial charge < -0.3 is 5.11 Å². The maximum Gasteiger partial charge on any atom is 0.330 e. The molecular weight excluding hydrogens is 235 g/mol. The normalized spacial score (nSPS) is 18.1. The predicted molar refractivity (Wildman–Crippen MR) is 56.4 cm³/mol. The third kappa shape index (κ3) is 1.69. The van der Waals surface area contributed by atoms with Crippen molar-refractivity contribution < 1.29 is 17.9 Å². The van der Waals surface area contributed by atoms with Crippen molar-refractivity contribution in [2.45, 2.75) is 6.92 Å². The molecule has 0 saturated carbocycles. The van der Waals surface area contributed by atoms with Gasteiger partial charge in [0, 0.05) is 0 Å². The van der Waals surface area contributed by atoms with Crippen LogP contribution in [-0.2, 0) is 10.2 Å². The molecule has 86 valence electrons. The van der Waals surface area contributed by atoms with Crippen LogP contribution in [-0.4, -0.2) is 13.5 Å². The second-order valence-corrected chi connectivity index (χ2v) is 4.92. The standard InChI is InChI=1S/C9H9FN2O3S/c1-6-2-3-8(7(10)4-6)12-5-9(13)11-16(12,14)15/h2-5,11,13H,1H3. The molecule has 1 aromatic carbocycles. The minimum absolute atomic E-state index is 0.137. The Morgan fingerprint density at radius 3 is 2.62 bits per heavy atom. The number of anilines is 1. The summed E-state index contributed by atoms with van der Waals surface area (Å²) in [4.78, 5) is 0. The van der Waals surface area contributed by atoms with E-state index in [-0.39, 0.29) is 5.69 Å². The van der Waals surface area contributed by atoms with Crippen molar-refractivity contribution in [3.8, 4) is 0 Å². The highest BCUT2D eigenvalue weighted by molar-refractivity contribution is 7.91. The number of halogens is 1. The molecule has 0 spiro atoms. The lowest BCUT2D eigenvalue weighted by molar-refractivity contribution is 0.392. The van der Waals surface area contributed by atoms with E-state index in [0.29, 0.717) is 9.87 Å². The highest BCUT2D eigenvalue weighted by Gasteiger charge is 2.30. The molecule has 0 saturated heterocycles. The van der Waals surface area contributed by atoms with Crippen LogP contribution in [0.2, 0.25) is 0 Å². The smallest absolute Gasteiger partial charge is 0.330 e. The molecule has 7 heteroatoms. The van der Waals surface area contributed by atoms with E-state index in [4.69, 9.17) is 5.11 Å². The van der Waals surface area contributed by atoms with Gasteiger partial charge in [-0.1, -0.05) is 6.07 Å². The third-order valence-electron chi connectivity index (χ3n) is 2.07. The number of nitrogens with zero attached hydrogens (tertiary/aromatic N) is 1. The lowest BCUT2D eigenvalue weighted by Gasteiger charge is -2.14. The maximum absolute atomic E-state index is 13.5. The Kier molecular flexibility index (Phi) is 2.27. The average molecular weight is 244 g/mol. The van der Waals surface area contributed by atoms with E-state index in [0.717, 1.165) is 6.20 Å². The number of hydrogen-bond acceptors (Lipinski definition) is 3. The summed E-state index contributed by atoms with van der Waals surface area (Å²) in [5.41, 5.74) is 0.543. The van der Waals surface area contributed by atoms with Crippen molar-refractivity contribution in [2.24, 2.45) is 0 Å².